The molecule has 0 saturated carbocycles. The molecule has 90 valence electrons. The predicted molar refractivity (Wildman–Crippen MR) is 70.8 cm³/mol. The van der Waals surface area contributed by atoms with E-state index >= 15 is 0 Å². The van der Waals surface area contributed by atoms with Crippen LogP contribution in [0.2, 0.25) is 0 Å². The van der Waals surface area contributed by atoms with Crippen LogP contribution in [0.4, 0.5) is 5.69 Å². The van der Waals surface area contributed by atoms with Crippen LogP contribution in [0.25, 0.3) is 0 Å². The third-order valence-corrected chi connectivity index (χ3v) is 2.43. The maximum atomic E-state index is 10.9. The number of hydrogen-bond acceptors (Lipinski definition) is 1. The first-order chi connectivity index (χ1) is 7.17. The Labute approximate surface area is 99.1 Å². The zero-order chi connectivity index (χ0) is 11.3. The molecule has 1 rings (SSSR count). The molecular formula is C14H23NO. The number of amides is 1. The number of benzene rings is 1. The summed E-state index contributed by atoms with van der Waals surface area (Å²) in [5.74, 6) is -0.0123. The number of carbonyl (C=O) groups excluding carboxylic acids is 1. The van der Waals surface area contributed by atoms with Crippen molar-refractivity contribution in [2.24, 2.45) is 0 Å². The van der Waals surface area contributed by atoms with Crippen molar-refractivity contribution in [1.29, 1.82) is 0 Å². The van der Waals surface area contributed by atoms with Crippen molar-refractivity contribution in [3.63, 3.8) is 0 Å². The molecule has 2 heteroatoms. The van der Waals surface area contributed by atoms with E-state index in [0.29, 0.717) is 0 Å². The molecule has 0 unspecified atom stereocenters. The molecule has 0 aromatic heterocycles. The standard InChI is InChI=1S/C13H19NO.CH4/c1-4-6-12-9-13(14-10(3)15)8-7-11(12)5-2;/h7-9H,4-6H2,1-3H3,(H,14,15);1H4. The Kier molecular flexibility index (Phi) is 6.47. The van der Waals surface area contributed by atoms with E-state index in [1.807, 2.05) is 6.07 Å². The lowest BCUT2D eigenvalue weighted by Crippen LogP contribution is -2.06. The van der Waals surface area contributed by atoms with E-state index in [0.717, 1.165) is 24.9 Å². The average Bonchev–Trinajstić information content (AvgIpc) is 2.18. The monoisotopic (exact) mass is 221 g/mol. The third kappa shape index (κ3) is 4.05. The summed E-state index contributed by atoms with van der Waals surface area (Å²) in [5.41, 5.74) is 3.64. The van der Waals surface area contributed by atoms with Crippen molar-refractivity contribution < 1.29 is 4.79 Å². The predicted octanol–water partition coefficient (Wildman–Crippen LogP) is 3.80. The Morgan fingerprint density at radius 1 is 1.25 bits per heavy atom. The van der Waals surface area contributed by atoms with Gasteiger partial charge >= 0.3 is 0 Å². The maximum Gasteiger partial charge on any atom is 0.221 e. The summed E-state index contributed by atoms with van der Waals surface area (Å²) in [6.07, 6.45) is 3.27. The van der Waals surface area contributed by atoms with Crippen molar-refractivity contribution in [3.8, 4) is 0 Å². The van der Waals surface area contributed by atoms with Gasteiger partial charge in [0.1, 0.15) is 0 Å². The summed E-state index contributed by atoms with van der Waals surface area (Å²) in [6, 6.07) is 6.17. The van der Waals surface area contributed by atoms with Gasteiger partial charge in [-0.25, -0.2) is 0 Å². The second-order valence-corrected chi connectivity index (χ2v) is 3.77. The molecule has 1 aromatic carbocycles. The minimum absolute atomic E-state index is 0. The minimum atomic E-state index is -0.0123. The van der Waals surface area contributed by atoms with Gasteiger partial charge in [0.2, 0.25) is 5.91 Å². The zero-order valence-electron chi connectivity index (χ0n) is 9.76. The molecule has 0 bridgehead atoms. The van der Waals surface area contributed by atoms with Gasteiger partial charge in [0.25, 0.3) is 0 Å². The molecule has 0 saturated heterocycles. The van der Waals surface area contributed by atoms with E-state index in [4.69, 9.17) is 0 Å². The van der Waals surface area contributed by atoms with Gasteiger partial charge in [-0.2, -0.15) is 0 Å². The molecule has 0 spiro atoms. The summed E-state index contributed by atoms with van der Waals surface area (Å²) in [7, 11) is 0. The SMILES string of the molecule is C.CCCc1cc(NC(C)=O)ccc1CC. The summed E-state index contributed by atoms with van der Waals surface area (Å²) in [5, 5.41) is 2.82. The van der Waals surface area contributed by atoms with Gasteiger partial charge < -0.3 is 5.32 Å². The fourth-order valence-corrected chi connectivity index (χ4v) is 1.75. The molecule has 0 aliphatic rings. The molecule has 0 atom stereocenters. The molecule has 0 aliphatic carbocycles. The van der Waals surface area contributed by atoms with Gasteiger partial charge in [-0.3, -0.25) is 4.79 Å². The van der Waals surface area contributed by atoms with Crippen LogP contribution in [0.1, 0.15) is 45.7 Å². The van der Waals surface area contributed by atoms with E-state index in [9.17, 15) is 4.79 Å². The third-order valence-electron chi connectivity index (χ3n) is 2.43. The second kappa shape index (κ2) is 7.04. The van der Waals surface area contributed by atoms with Crippen LogP contribution in [0.3, 0.4) is 0 Å². The van der Waals surface area contributed by atoms with Gasteiger partial charge in [-0.15, -0.1) is 0 Å². The van der Waals surface area contributed by atoms with Crippen molar-refractivity contribution in [3.05, 3.63) is 29.3 Å². The van der Waals surface area contributed by atoms with Crippen LogP contribution in [0.5, 0.6) is 0 Å². The highest BCUT2D eigenvalue weighted by molar-refractivity contribution is 5.88. The van der Waals surface area contributed by atoms with Crippen molar-refractivity contribution >= 4 is 11.6 Å². The Bertz CT molecular complexity index is 345. The number of hydrogen-bond donors (Lipinski definition) is 1. The first-order valence-electron chi connectivity index (χ1n) is 5.56. The minimum Gasteiger partial charge on any atom is -0.326 e. The highest BCUT2D eigenvalue weighted by atomic mass is 16.1. The summed E-state index contributed by atoms with van der Waals surface area (Å²) in [4.78, 5) is 10.9. The topological polar surface area (TPSA) is 29.1 Å². The van der Waals surface area contributed by atoms with Crippen LogP contribution in [0.15, 0.2) is 18.2 Å². The molecular weight excluding hydrogens is 198 g/mol. The number of rotatable bonds is 4. The highest BCUT2D eigenvalue weighted by Crippen LogP contribution is 2.18. The Morgan fingerprint density at radius 2 is 1.94 bits per heavy atom. The lowest BCUT2D eigenvalue weighted by Gasteiger charge is -2.10. The molecule has 1 amide bonds. The molecule has 2 nitrogen and oxygen atoms in total. The molecule has 0 aliphatic heterocycles. The van der Waals surface area contributed by atoms with Crippen LogP contribution < -0.4 is 5.32 Å². The fourth-order valence-electron chi connectivity index (χ4n) is 1.75. The number of nitrogens with one attached hydrogen (secondary N) is 1. The van der Waals surface area contributed by atoms with Crippen LogP contribution in [-0.2, 0) is 17.6 Å². The molecule has 0 radical (unpaired) electrons. The highest BCUT2D eigenvalue weighted by Gasteiger charge is 2.02. The van der Waals surface area contributed by atoms with E-state index in [1.54, 1.807) is 0 Å². The molecule has 1 N–H and O–H groups in total. The van der Waals surface area contributed by atoms with E-state index in [2.05, 4.69) is 31.3 Å². The van der Waals surface area contributed by atoms with Gasteiger partial charge in [0.05, 0.1) is 0 Å². The van der Waals surface area contributed by atoms with Crippen molar-refractivity contribution in [2.75, 3.05) is 5.32 Å². The van der Waals surface area contributed by atoms with E-state index in [-0.39, 0.29) is 13.3 Å². The quantitative estimate of drug-likeness (QED) is 0.823. The second-order valence-electron chi connectivity index (χ2n) is 3.77. The van der Waals surface area contributed by atoms with Gasteiger partial charge in [-0.05, 0) is 36.1 Å². The first kappa shape index (κ1) is 14.7. The van der Waals surface area contributed by atoms with Gasteiger partial charge in [-0.1, -0.05) is 33.8 Å². The van der Waals surface area contributed by atoms with E-state index < -0.39 is 0 Å². The largest absolute Gasteiger partial charge is 0.326 e. The molecule has 0 heterocycles. The zero-order valence-corrected chi connectivity index (χ0v) is 9.76. The van der Waals surface area contributed by atoms with Gasteiger partial charge in [0.15, 0.2) is 0 Å². The average molecular weight is 221 g/mol. The normalized spacial score (nSPS) is 9.44. The van der Waals surface area contributed by atoms with Gasteiger partial charge in [0, 0.05) is 12.6 Å². The Balaban J connectivity index is 0.00000225. The summed E-state index contributed by atoms with van der Waals surface area (Å²) < 4.78 is 0. The van der Waals surface area contributed by atoms with Crippen LogP contribution in [0, 0.1) is 0 Å². The molecule has 0 fully saturated rings. The Hall–Kier alpha value is -1.31. The molecule has 16 heavy (non-hydrogen) atoms. The lowest BCUT2D eigenvalue weighted by molar-refractivity contribution is -0.114. The summed E-state index contributed by atoms with van der Waals surface area (Å²) in [6.45, 7) is 5.87. The number of aryl methyl sites for hydroxylation is 2. The van der Waals surface area contributed by atoms with E-state index in [1.165, 1.54) is 18.1 Å². The number of anilines is 1. The van der Waals surface area contributed by atoms with Crippen LogP contribution >= 0.6 is 0 Å². The van der Waals surface area contributed by atoms with Crippen molar-refractivity contribution in [1.82, 2.24) is 0 Å². The summed E-state index contributed by atoms with van der Waals surface area (Å²) >= 11 is 0. The first-order valence-corrected chi connectivity index (χ1v) is 5.56. The lowest BCUT2D eigenvalue weighted by atomic mass is 10.0. The number of carbonyl (C=O) groups is 1. The van der Waals surface area contributed by atoms with Crippen LogP contribution in [-0.4, -0.2) is 5.91 Å². The fraction of sp³-hybridized carbons (Fsp3) is 0.500. The smallest absolute Gasteiger partial charge is 0.221 e. The van der Waals surface area contributed by atoms with Crippen molar-refractivity contribution in [2.45, 2.75) is 47.5 Å². The Morgan fingerprint density at radius 3 is 2.44 bits per heavy atom. The molecule has 1 aromatic rings. The maximum absolute atomic E-state index is 10.9.